The molecule has 26 rings (SSSR count). The Kier molecular flexibility index (Phi) is 16.4. The number of pyridine rings is 1. The van der Waals surface area contributed by atoms with Crippen molar-refractivity contribution in [1.82, 2.24) is 34.1 Å². The average molecular weight is 1600 g/mol. The Balaban J connectivity index is 0.000000138. The van der Waals surface area contributed by atoms with Gasteiger partial charge in [0.2, 0.25) is 0 Å². The van der Waals surface area contributed by atoms with Gasteiger partial charge in [-0.25, -0.2) is 19.9 Å². The van der Waals surface area contributed by atoms with E-state index in [4.69, 9.17) is 24.4 Å². The molecule has 0 N–H and O–H groups in total. The van der Waals surface area contributed by atoms with Crippen LogP contribution in [0, 0.1) is 0 Å². The van der Waals surface area contributed by atoms with Crippen LogP contribution in [0.4, 0.5) is 0 Å². The van der Waals surface area contributed by atoms with Gasteiger partial charge in [-0.15, -0.1) is 11.3 Å². The first-order valence-corrected chi connectivity index (χ1v) is 42.8. The van der Waals surface area contributed by atoms with E-state index in [-0.39, 0.29) is 0 Å². The zero-order valence-electron chi connectivity index (χ0n) is 66.8. The minimum atomic E-state index is 0.659. The summed E-state index contributed by atoms with van der Waals surface area (Å²) in [6.07, 6.45) is 3.64. The fraction of sp³-hybridized carbons (Fsp3) is 0. The van der Waals surface area contributed by atoms with Crippen molar-refractivity contribution in [2.24, 2.45) is 0 Å². The van der Waals surface area contributed by atoms with Crippen molar-refractivity contribution in [3.05, 3.63) is 419 Å². The van der Waals surface area contributed by atoms with Gasteiger partial charge in [0, 0.05) is 93.5 Å². The summed E-state index contributed by atoms with van der Waals surface area (Å²) in [6.45, 7) is 0. The molecule has 0 saturated heterocycles. The molecule has 7 heterocycles. The second-order valence-corrected chi connectivity index (χ2v) is 33.2. The van der Waals surface area contributed by atoms with Crippen LogP contribution in [0.5, 0.6) is 0 Å². The topological polar surface area (TPSA) is 87.5 Å². The predicted octanol–water partition coefficient (Wildman–Crippen LogP) is 31.1. The van der Waals surface area contributed by atoms with Crippen molar-refractivity contribution in [1.29, 1.82) is 0 Å². The fourth-order valence-electron chi connectivity index (χ4n) is 19.1. The van der Waals surface area contributed by atoms with Crippen LogP contribution in [0.1, 0.15) is 0 Å². The smallest absolute Gasteiger partial charge is 0.180 e. The minimum Gasteiger partial charge on any atom is -0.452 e. The van der Waals surface area contributed by atoms with Gasteiger partial charge in [0.05, 0.1) is 43.7 Å². The van der Waals surface area contributed by atoms with E-state index in [0.717, 1.165) is 120 Å². The Morgan fingerprint density at radius 2 is 0.718 bits per heavy atom. The van der Waals surface area contributed by atoms with E-state index < -0.39 is 0 Å². The molecule has 576 valence electrons. The molecule has 0 radical (unpaired) electrons. The van der Waals surface area contributed by atoms with Crippen LogP contribution in [0.2, 0.25) is 0 Å². The summed E-state index contributed by atoms with van der Waals surface area (Å²) >= 11 is 1.77. The second-order valence-electron chi connectivity index (χ2n) is 32.1. The molecular formula is C115H69N7OS. The number of hydrogen-bond acceptors (Lipinski definition) is 7. The van der Waals surface area contributed by atoms with Gasteiger partial charge in [-0.3, -0.25) is 4.98 Å². The molecule has 9 heteroatoms. The van der Waals surface area contributed by atoms with Crippen molar-refractivity contribution >= 4 is 162 Å². The number of nitrogens with zero attached hydrogens (tertiary/aromatic N) is 7. The van der Waals surface area contributed by atoms with Gasteiger partial charge < -0.3 is 13.6 Å². The van der Waals surface area contributed by atoms with E-state index in [1.165, 1.54) is 114 Å². The molecule has 7 aromatic heterocycles. The number of aromatic nitrogens is 7. The molecule has 0 aliphatic heterocycles. The highest BCUT2D eigenvalue weighted by Gasteiger charge is 2.26. The van der Waals surface area contributed by atoms with Gasteiger partial charge in [-0.05, 0) is 178 Å². The van der Waals surface area contributed by atoms with Gasteiger partial charge in [-0.1, -0.05) is 322 Å². The van der Waals surface area contributed by atoms with Crippen LogP contribution >= 0.6 is 11.3 Å². The molecule has 19 aromatic carbocycles. The first-order valence-electron chi connectivity index (χ1n) is 42.0. The third-order valence-corrected chi connectivity index (χ3v) is 26.2. The molecule has 26 aromatic rings. The van der Waals surface area contributed by atoms with E-state index >= 15 is 0 Å². The third kappa shape index (κ3) is 11.7. The lowest BCUT2D eigenvalue weighted by molar-refractivity contribution is 0.667. The van der Waals surface area contributed by atoms with Crippen LogP contribution in [0.3, 0.4) is 0 Å². The summed E-state index contributed by atoms with van der Waals surface area (Å²) < 4.78 is 13.9. The number of hydrogen-bond donors (Lipinski definition) is 0. The Morgan fingerprint density at radius 3 is 1.40 bits per heavy atom. The summed E-state index contributed by atoms with van der Waals surface area (Å²) in [5.74, 6) is 1.33. The number of fused-ring (bicyclic) bond motifs is 20. The van der Waals surface area contributed by atoms with Crippen molar-refractivity contribution in [3.8, 4) is 101 Å². The van der Waals surface area contributed by atoms with Crippen LogP contribution in [0.15, 0.2) is 423 Å². The standard InChI is InChI=1S/C63H38N4S.C52H31N3O/c1-3-13-39(14-4-1)40-25-27-43(28-26-40)52-37-55-58(38-53(52)41-15-5-2-6-16-41)68-62-59(65-63(66-60(55)62)44-31-33-64-34-32-44)50-23-11-22-49-48(50)21-12-24-56(49)67-57-36-46-19-8-7-18-45(46)35-54(57)51-30-29-42-17-9-10-20-47(42)61(51)67;1-2-13-34(14-3-1)52-53-48(51-49(54-52)45-30-39(24-26-47(45)56-51)38-22-21-32-11-4-5-15-35(32)27-38)40-18-10-19-41(28-40)55-46-31-37-17-7-6-16-36(37)29-44(46)43-25-23-33-12-8-9-20-42(33)50(43)55/h1-38H;1-31H. The largest absolute Gasteiger partial charge is 0.452 e. The first kappa shape index (κ1) is 70.7. The van der Waals surface area contributed by atoms with Gasteiger partial charge >= 0.3 is 0 Å². The van der Waals surface area contributed by atoms with Crippen LogP contribution in [0.25, 0.3) is 252 Å². The fourth-order valence-corrected chi connectivity index (χ4v) is 20.3. The Hall–Kier alpha value is -16.3. The van der Waals surface area contributed by atoms with Gasteiger partial charge in [-0.2, -0.15) is 0 Å². The summed E-state index contributed by atoms with van der Waals surface area (Å²) in [5.41, 5.74) is 25.0. The number of benzene rings is 19. The monoisotopic (exact) mass is 1600 g/mol. The maximum atomic E-state index is 6.74. The van der Waals surface area contributed by atoms with Crippen LogP contribution in [-0.4, -0.2) is 34.1 Å². The van der Waals surface area contributed by atoms with E-state index in [2.05, 4.69) is 390 Å². The molecule has 0 fully saturated rings. The highest BCUT2D eigenvalue weighted by atomic mass is 32.1. The quantitative estimate of drug-likeness (QED) is 0.136. The Morgan fingerprint density at radius 1 is 0.242 bits per heavy atom. The maximum absolute atomic E-state index is 6.74. The molecule has 0 bridgehead atoms. The van der Waals surface area contributed by atoms with E-state index in [0.29, 0.717) is 17.2 Å². The molecule has 8 nitrogen and oxygen atoms in total. The molecule has 0 unspecified atom stereocenters. The highest BCUT2D eigenvalue weighted by Crippen LogP contribution is 2.49. The lowest BCUT2D eigenvalue weighted by atomic mass is 9.92. The predicted molar refractivity (Wildman–Crippen MR) is 519 cm³/mol. The average Bonchev–Trinajstić information content (AvgIpc) is 1.49. The van der Waals surface area contributed by atoms with Crippen LogP contribution in [-0.2, 0) is 0 Å². The lowest BCUT2D eigenvalue weighted by Crippen LogP contribution is -1.98. The Labute approximate surface area is 715 Å². The van der Waals surface area contributed by atoms with Crippen molar-refractivity contribution in [2.45, 2.75) is 0 Å². The zero-order chi connectivity index (χ0) is 81.5. The molecule has 0 aliphatic rings. The van der Waals surface area contributed by atoms with Gasteiger partial charge in [0.15, 0.2) is 17.2 Å². The van der Waals surface area contributed by atoms with E-state index in [9.17, 15) is 0 Å². The van der Waals surface area contributed by atoms with E-state index in [1.807, 2.05) is 42.7 Å². The summed E-state index contributed by atoms with van der Waals surface area (Å²) in [6, 6.07) is 146. The third-order valence-electron chi connectivity index (χ3n) is 25.0. The highest BCUT2D eigenvalue weighted by molar-refractivity contribution is 7.26. The summed E-state index contributed by atoms with van der Waals surface area (Å²) in [7, 11) is 0. The summed E-state index contributed by atoms with van der Waals surface area (Å²) in [5, 5.41) is 21.5. The van der Waals surface area contributed by atoms with Gasteiger partial charge in [0.1, 0.15) is 16.8 Å². The number of thiophene rings is 1. The SMILES string of the molecule is c1ccc(-c2ccc(-c3cc4c(cc3-c3ccccc3)sc3c(-c5cccc6c(-n7c8cc9ccccc9cc8c8ccc9ccccc9c87)cccc56)nc(-c5ccncc5)nc34)cc2)cc1.c1ccc(-c2nc(-c3cccc(-n4c5cc6ccccc6cc5c5ccc6ccccc6c54)c3)c3oc4ccc(-c5ccc6ccccc6c5)cc4c3n2)cc1. The van der Waals surface area contributed by atoms with E-state index in [1.54, 1.807) is 11.3 Å². The first-order chi connectivity index (χ1) is 61.4. The molecular weight excluding hydrogens is 1530 g/mol. The van der Waals surface area contributed by atoms with Crippen molar-refractivity contribution in [3.63, 3.8) is 0 Å². The molecule has 0 atom stereocenters. The minimum absolute atomic E-state index is 0.659. The number of rotatable bonds is 10. The van der Waals surface area contributed by atoms with Gasteiger partial charge in [0.25, 0.3) is 0 Å². The normalized spacial score (nSPS) is 11.9. The molecule has 0 saturated carbocycles. The second kappa shape index (κ2) is 28.7. The molecule has 124 heavy (non-hydrogen) atoms. The molecule has 0 aliphatic carbocycles. The van der Waals surface area contributed by atoms with Crippen molar-refractivity contribution in [2.75, 3.05) is 0 Å². The van der Waals surface area contributed by atoms with Crippen LogP contribution < -0.4 is 0 Å². The Bertz CT molecular complexity index is 8860. The number of furan rings is 1. The summed E-state index contributed by atoms with van der Waals surface area (Å²) in [4.78, 5) is 25.8. The van der Waals surface area contributed by atoms with Crippen molar-refractivity contribution < 1.29 is 4.42 Å². The molecule has 0 spiro atoms. The molecule has 0 amide bonds. The lowest BCUT2D eigenvalue weighted by Gasteiger charge is -2.15. The zero-order valence-corrected chi connectivity index (χ0v) is 67.6. The maximum Gasteiger partial charge on any atom is 0.180 e.